The van der Waals surface area contributed by atoms with E-state index in [4.69, 9.17) is 9.15 Å². The lowest BCUT2D eigenvalue weighted by molar-refractivity contribution is -0.131. The Kier molecular flexibility index (Phi) is 6.56. The number of likely N-dealkylation sites (N-methyl/N-ethyl adjacent to an activating group) is 1. The van der Waals surface area contributed by atoms with Gasteiger partial charge in [0.2, 0.25) is 11.8 Å². The molecule has 0 radical (unpaired) electrons. The Morgan fingerprint density at radius 1 is 1.24 bits per heavy atom. The molecule has 0 aliphatic carbocycles. The van der Waals surface area contributed by atoms with Crippen LogP contribution in [0.15, 0.2) is 34.9 Å². The summed E-state index contributed by atoms with van der Waals surface area (Å²) >= 11 is 0. The van der Waals surface area contributed by atoms with Gasteiger partial charge in [0.05, 0.1) is 20.1 Å². The van der Waals surface area contributed by atoms with Gasteiger partial charge in [0.15, 0.2) is 5.69 Å². The van der Waals surface area contributed by atoms with Crippen molar-refractivity contribution in [3.05, 3.63) is 47.7 Å². The van der Waals surface area contributed by atoms with Gasteiger partial charge >= 0.3 is 0 Å². The molecule has 0 fully saturated rings. The number of rotatable bonds is 8. The molecule has 0 unspecified atom stereocenters. The van der Waals surface area contributed by atoms with Gasteiger partial charge in [0.1, 0.15) is 12.0 Å². The second kappa shape index (κ2) is 8.86. The van der Waals surface area contributed by atoms with Crippen LogP contribution in [-0.4, -0.2) is 41.9 Å². The largest absolute Gasteiger partial charge is 0.497 e. The summed E-state index contributed by atoms with van der Waals surface area (Å²) in [5.74, 6) is 0.767. The summed E-state index contributed by atoms with van der Waals surface area (Å²) in [7, 11) is 1.60. The van der Waals surface area contributed by atoms with Crippen LogP contribution in [0.25, 0.3) is 0 Å². The molecule has 0 spiro atoms. The number of amides is 2. The number of oxazole rings is 1. The van der Waals surface area contributed by atoms with E-state index in [1.54, 1.807) is 12.0 Å². The Labute approximate surface area is 147 Å². The minimum atomic E-state index is -0.287. The van der Waals surface area contributed by atoms with Gasteiger partial charge in [0, 0.05) is 13.1 Å². The first-order chi connectivity index (χ1) is 12.1. The number of methoxy groups -OCH3 is 1. The highest BCUT2D eigenvalue weighted by Crippen LogP contribution is 2.13. The SMILES string of the molecule is CCNC(=O)c1coc(CN(CC)C(=O)Cc2ccc(OC)cc2)n1. The summed E-state index contributed by atoms with van der Waals surface area (Å²) < 4.78 is 10.4. The molecular weight excluding hydrogens is 322 g/mol. The second-order valence-corrected chi connectivity index (χ2v) is 5.42. The third-order valence-corrected chi connectivity index (χ3v) is 3.70. The summed E-state index contributed by atoms with van der Waals surface area (Å²) in [5.41, 5.74) is 1.12. The van der Waals surface area contributed by atoms with Gasteiger partial charge in [-0.3, -0.25) is 9.59 Å². The van der Waals surface area contributed by atoms with Crippen LogP contribution in [0, 0.1) is 0 Å². The molecule has 134 valence electrons. The maximum atomic E-state index is 12.5. The molecule has 1 N–H and O–H groups in total. The quantitative estimate of drug-likeness (QED) is 0.791. The molecule has 1 heterocycles. The molecule has 0 saturated heterocycles. The number of nitrogens with zero attached hydrogens (tertiary/aromatic N) is 2. The highest BCUT2D eigenvalue weighted by atomic mass is 16.5. The third-order valence-electron chi connectivity index (χ3n) is 3.70. The fraction of sp³-hybridized carbons (Fsp3) is 0.389. The van der Waals surface area contributed by atoms with E-state index in [1.807, 2.05) is 38.1 Å². The van der Waals surface area contributed by atoms with Crippen LogP contribution in [0.4, 0.5) is 0 Å². The molecular formula is C18H23N3O4. The van der Waals surface area contributed by atoms with Gasteiger partial charge in [-0.1, -0.05) is 12.1 Å². The molecule has 0 aliphatic heterocycles. The molecule has 25 heavy (non-hydrogen) atoms. The predicted octanol–water partition coefficient (Wildman–Crippen LogP) is 2.02. The van der Waals surface area contributed by atoms with Crippen molar-refractivity contribution in [2.75, 3.05) is 20.2 Å². The number of carbonyl (C=O) groups excluding carboxylic acids is 2. The van der Waals surface area contributed by atoms with Crippen LogP contribution in [0.5, 0.6) is 5.75 Å². The molecule has 2 amide bonds. The molecule has 2 rings (SSSR count). The first-order valence-corrected chi connectivity index (χ1v) is 8.20. The van der Waals surface area contributed by atoms with Crippen LogP contribution in [0.1, 0.15) is 35.8 Å². The van der Waals surface area contributed by atoms with E-state index in [1.165, 1.54) is 6.26 Å². The first kappa shape index (κ1) is 18.5. The normalized spacial score (nSPS) is 10.4. The van der Waals surface area contributed by atoms with E-state index in [2.05, 4.69) is 10.3 Å². The van der Waals surface area contributed by atoms with Crippen LogP contribution in [0.3, 0.4) is 0 Å². The minimum absolute atomic E-state index is 0.0366. The lowest BCUT2D eigenvalue weighted by atomic mass is 10.1. The van der Waals surface area contributed by atoms with Crippen molar-refractivity contribution < 1.29 is 18.7 Å². The Bertz CT molecular complexity index is 709. The molecule has 1 aromatic carbocycles. The number of carbonyl (C=O) groups is 2. The predicted molar refractivity (Wildman–Crippen MR) is 92.3 cm³/mol. The molecule has 2 aromatic rings. The van der Waals surface area contributed by atoms with E-state index >= 15 is 0 Å². The average molecular weight is 345 g/mol. The Morgan fingerprint density at radius 3 is 2.56 bits per heavy atom. The molecule has 0 saturated carbocycles. The number of hydrogen-bond acceptors (Lipinski definition) is 5. The van der Waals surface area contributed by atoms with E-state index < -0.39 is 0 Å². The first-order valence-electron chi connectivity index (χ1n) is 8.20. The summed E-state index contributed by atoms with van der Waals surface area (Å²) in [6.07, 6.45) is 1.59. The van der Waals surface area contributed by atoms with E-state index in [9.17, 15) is 9.59 Å². The number of ether oxygens (including phenoxy) is 1. The van der Waals surface area contributed by atoms with Gasteiger partial charge in [0.25, 0.3) is 5.91 Å². The molecule has 0 atom stereocenters. The van der Waals surface area contributed by atoms with Crippen molar-refractivity contribution in [1.29, 1.82) is 0 Å². The number of benzene rings is 1. The topological polar surface area (TPSA) is 84.7 Å². The van der Waals surface area contributed by atoms with Gasteiger partial charge in [-0.2, -0.15) is 0 Å². The van der Waals surface area contributed by atoms with Crippen LogP contribution in [0.2, 0.25) is 0 Å². The summed E-state index contributed by atoms with van der Waals surface area (Å²) in [6.45, 7) is 4.98. The Balaban J connectivity index is 1.98. The van der Waals surface area contributed by atoms with Crippen molar-refractivity contribution in [2.45, 2.75) is 26.8 Å². The van der Waals surface area contributed by atoms with Crippen molar-refractivity contribution in [1.82, 2.24) is 15.2 Å². The van der Waals surface area contributed by atoms with E-state index in [-0.39, 0.29) is 30.5 Å². The van der Waals surface area contributed by atoms with Crippen LogP contribution in [-0.2, 0) is 17.8 Å². The second-order valence-electron chi connectivity index (χ2n) is 5.42. The zero-order valence-corrected chi connectivity index (χ0v) is 14.7. The van der Waals surface area contributed by atoms with Crippen molar-refractivity contribution in [3.63, 3.8) is 0 Å². The monoisotopic (exact) mass is 345 g/mol. The molecule has 0 bridgehead atoms. The Morgan fingerprint density at radius 2 is 1.96 bits per heavy atom. The van der Waals surface area contributed by atoms with Gasteiger partial charge in [-0.05, 0) is 31.5 Å². The lowest BCUT2D eigenvalue weighted by Gasteiger charge is -2.19. The summed E-state index contributed by atoms with van der Waals surface area (Å²) in [5, 5.41) is 2.65. The standard InChI is InChI=1S/C18H23N3O4/c1-4-19-18(23)15-12-25-16(20-15)11-21(5-2)17(22)10-13-6-8-14(24-3)9-7-13/h6-9,12H,4-5,10-11H2,1-3H3,(H,19,23). The highest BCUT2D eigenvalue weighted by molar-refractivity contribution is 5.91. The number of nitrogens with one attached hydrogen (secondary N) is 1. The highest BCUT2D eigenvalue weighted by Gasteiger charge is 2.17. The average Bonchev–Trinajstić information content (AvgIpc) is 3.09. The lowest BCUT2D eigenvalue weighted by Crippen LogP contribution is -2.31. The van der Waals surface area contributed by atoms with E-state index in [0.29, 0.717) is 19.0 Å². The maximum absolute atomic E-state index is 12.5. The molecule has 7 heteroatoms. The molecule has 7 nitrogen and oxygen atoms in total. The summed E-state index contributed by atoms with van der Waals surface area (Å²) in [4.78, 5) is 30.0. The van der Waals surface area contributed by atoms with Gasteiger partial charge in [-0.15, -0.1) is 0 Å². The molecule has 0 aliphatic rings. The van der Waals surface area contributed by atoms with Crippen molar-refractivity contribution in [3.8, 4) is 5.75 Å². The Hall–Kier alpha value is -2.83. The summed E-state index contributed by atoms with van der Waals surface area (Å²) in [6, 6.07) is 7.38. The zero-order chi connectivity index (χ0) is 18.2. The van der Waals surface area contributed by atoms with Crippen LogP contribution < -0.4 is 10.1 Å². The minimum Gasteiger partial charge on any atom is -0.497 e. The van der Waals surface area contributed by atoms with Gasteiger partial charge in [-0.25, -0.2) is 4.98 Å². The number of hydrogen-bond donors (Lipinski definition) is 1. The fourth-order valence-corrected chi connectivity index (χ4v) is 2.31. The maximum Gasteiger partial charge on any atom is 0.273 e. The molecule has 1 aromatic heterocycles. The van der Waals surface area contributed by atoms with Crippen molar-refractivity contribution in [2.24, 2.45) is 0 Å². The van der Waals surface area contributed by atoms with E-state index in [0.717, 1.165) is 11.3 Å². The van der Waals surface area contributed by atoms with Gasteiger partial charge < -0.3 is 19.4 Å². The fourth-order valence-electron chi connectivity index (χ4n) is 2.31. The van der Waals surface area contributed by atoms with Crippen LogP contribution >= 0.6 is 0 Å². The smallest absolute Gasteiger partial charge is 0.273 e. The zero-order valence-electron chi connectivity index (χ0n) is 14.7. The van der Waals surface area contributed by atoms with Crippen molar-refractivity contribution >= 4 is 11.8 Å². The third kappa shape index (κ3) is 5.07. The number of aromatic nitrogens is 1.